The molecule has 0 radical (unpaired) electrons. The normalized spacial score (nSPS) is 12.3. The van der Waals surface area contributed by atoms with Crippen molar-refractivity contribution >= 4 is 22.6 Å². The summed E-state index contributed by atoms with van der Waals surface area (Å²) in [6.45, 7) is 4.79. The van der Waals surface area contributed by atoms with Crippen LogP contribution in [0, 0.1) is 0 Å². The molecule has 2 heterocycles. The first-order valence-corrected chi connectivity index (χ1v) is 5.25. The minimum absolute atomic E-state index is 0.0704. The molecule has 80 valence electrons. The molecule has 0 aliphatic carbocycles. The molecule has 0 aliphatic rings. The number of hydrogen-bond donors (Lipinski definition) is 2. The van der Waals surface area contributed by atoms with Gasteiger partial charge in [-0.2, -0.15) is 0 Å². The fourth-order valence-corrected chi connectivity index (χ4v) is 1.77. The van der Waals surface area contributed by atoms with E-state index in [2.05, 4.69) is 23.8 Å². The number of nitrogens with one attached hydrogen (secondary N) is 1. The van der Waals surface area contributed by atoms with Crippen LogP contribution in [0.1, 0.15) is 19.4 Å². The summed E-state index contributed by atoms with van der Waals surface area (Å²) >= 11 is 5.87. The number of aromatic nitrogens is 2. The van der Waals surface area contributed by atoms with Gasteiger partial charge < -0.3 is 10.7 Å². The van der Waals surface area contributed by atoms with Crippen LogP contribution >= 0.6 is 11.6 Å². The van der Waals surface area contributed by atoms with E-state index in [1.807, 2.05) is 12.3 Å². The van der Waals surface area contributed by atoms with Crippen LogP contribution in [0.3, 0.4) is 0 Å². The molecule has 4 heteroatoms. The van der Waals surface area contributed by atoms with Crippen LogP contribution in [0.15, 0.2) is 18.5 Å². The Kier molecular flexibility index (Phi) is 2.44. The molecule has 2 aromatic heterocycles. The fraction of sp³-hybridized carbons (Fsp3) is 0.364. The number of hydrogen-bond acceptors (Lipinski definition) is 2. The monoisotopic (exact) mass is 223 g/mol. The van der Waals surface area contributed by atoms with Crippen LogP contribution < -0.4 is 5.73 Å². The highest BCUT2D eigenvalue weighted by Crippen LogP contribution is 2.29. The Labute approximate surface area is 93.6 Å². The van der Waals surface area contributed by atoms with E-state index in [-0.39, 0.29) is 5.41 Å². The third-order valence-electron chi connectivity index (χ3n) is 2.72. The van der Waals surface area contributed by atoms with Gasteiger partial charge in [0.1, 0.15) is 0 Å². The molecule has 3 nitrogen and oxygen atoms in total. The van der Waals surface area contributed by atoms with Gasteiger partial charge in [0.05, 0.1) is 16.1 Å². The number of pyridine rings is 1. The van der Waals surface area contributed by atoms with Crippen LogP contribution in [-0.2, 0) is 5.41 Å². The molecule has 0 aliphatic heterocycles. The second kappa shape index (κ2) is 3.51. The van der Waals surface area contributed by atoms with Crippen molar-refractivity contribution in [2.75, 3.05) is 6.54 Å². The van der Waals surface area contributed by atoms with Crippen molar-refractivity contribution in [3.8, 4) is 0 Å². The van der Waals surface area contributed by atoms with Crippen molar-refractivity contribution in [3.63, 3.8) is 0 Å². The summed E-state index contributed by atoms with van der Waals surface area (Å²) in [7, 11) is 0. The van der Waals surface area contributed by atoms with Crippen molar-refractivity contribution in [3.05, 3.63) is 29.0 Å². The van der Waals surface area contributed by atoms with Gasteiger partial charge in [-0.3, -0.25) is 4.98 Å². The highest BCUT2D eigenvalue weighted by Gasteiger charge is 2.22. The first kappa shape index (κ1) is 10.5. The van der Waals surface area contributed by atoms with E-state index in [4.69, 9.17) is 17.3 Å². The molecule has 0 saturated heterocycles. The number of fused-ring (bicyclic) bond motifs is 1. The molecule has 2 aromatic rings. The number of nitrogens with zero attached hydrogens (tertiary/aromatic N) is 1. The summed E-state index contributed by atoms with van der Waals surface area (Å²) in [5.74, 6) is 0. The largest absolute Gasteiger partial charge is 0.360 e. The maximum Gasteiger partial charge on any atom is 0.0917 e. The van der Waals surface area contributed by atoms with Gasteiger partial charge in [-0.05, 0) is 6.07 Å². The lowest BCUT2D eigenvalue weighted by Crippen LogP contribution is -2.27. The Morgan fingerprint density at radius 1 is 1.53 bits per heavy atom. The van der Waals surface area contributed by atoms with Crippen molar-refractivity contribution in [1.82, 2.24) is 9.97 Å². The predicted molar refractivity (Wildman–Crippen MR) is 63.2 cm³/mol. The van der Waals surface area contributed by atoms with Gasteiger partial charge in [0.25, 0.3) is 0 Å². The number of aromatic amines is 1. The van der Waals surface area contributed by atoms with Gasteiger partial charge in [0.15, 0.2) is 0 Å². The summed E-state index contributed by atoms with van der Waals surface area (Å²) in [4.78, 5) is 7.50. The molecular weight excluding hydrogens is 210 g/mol. The Morgan fingerprint density at radius 2 is 2.27 bits per heavy atom. The topological polar surface area (TPSA) is 54.7 Å². The summed E-state index contributed by atoms with van der Waals surface area (Å²) in [6.07, 6.45) is 3.62. The average Bonchev–Trinajstić information content (AvgIpc) is 2.61. The van der Waals surface area contributed by atoms with Gasteiger partial charge >= 0.3 is 0 Å². The molecule has 15 heavy (non-hydrogen) atoms. The Morgan fingerprint density at radius 3 is 2.93 bits per heavy atom. The van der Waals surface area contributed by atoms with E-state index in [0.717, 1.165) is 16.6 Å². The number of rotatable bonds is 2. The number of nitrogens with two attached hydrogens (primary N) is 1. The van der Waals surface area contributed by atoms with Crippen molar-refractivity contribution in [2.45, 2.75) is 19.3 Å². The quantitative estimate of drug-likeness (QED) is 0.822. The van der Waals surface area contributed by atoms with Crippen LogP contribution in [0.2, 0.25) is 5.02 Å². The molecular formula is C11H14ClN3. The third kappa shape index (κ3) is 1.73. The molecule has 0 unspecified atom stereocenters. The summed E-state index contributed by atoms with van der Waals surface area (Å²) in [5, 5.41) is 0.640. The van der Waals surface area contributed by atoms with Gasteiger partial charge in [0, 0.05) is 29.9 Å². The SMILES string of the molecule is CC(C)(CN)c1c[nH]c2cc(Cl)cnc12. The van der Waals surface area contributed by atoms with Crippen molar-refractivity contribution in [1.29, 1.82) is 0 Å². The van der Waals surface area contributed by atoms with E-state index in [1.165, 1.54) is 0 Å². The molecule has 3 N–H and O–H groups in total. The first-order valence-electron chi connectivity index (χ1n) is 4.88. The average molecular weight is 224 g/mol. The second-order valence-corrected chi connectivity index (χ2v) is 4.78. The number of H-pyrrole nitrogens is 1. The molecule has 0 aromatic carbocycles. The lowest BCUT2D eigenvalue weighted by molar-refractivity contribution is 0.543. The molecule has 0 fully saturated rings. The molecule has 0 bridgehead atoms. The Balaban J connectivity index is 2.64. The van der Waals surface area contributed by atoms with Crippen LogP contribution in [0.5, 0.6) is 0 Å². The van der Waals surface area contributed by atoms with Gasteiger partial charge in [-0.1, -0.05) is 25.4 Å². The van der Waals surface area contributed by atoms with Crippen LogP contribution in [-0.4, -0.2) is 16.5 Å². The fourth-order valence-electron chi connectivity index (χ4n) is 1.61. The maximum absolute atomic E-state index is 5.87. The molecule has 2 rings (SSSR count). The van der Waals surface area contributed by atoms with E-state index >= 15 is 0 Å². The summed E-state index contributed by atoms with van der Waals surface area (Å²) in [6, 6.07) is 1.87. The zero-order chi connectivity index (χ0) is 11.1. The van der Waals surface area contributed by atoms with Crippen LogP contribution in [0.25, 0.3) is 11.0 Å². The maximum atomic E-state index is 5.87. The van der Waals surface area contributed by atoms with Gasteiger partial charge in [-0.25, -0.2) is 0 Å². The minimum Gasteiger partial charge on any atom is -0.360 e. The van der Waals surface area contributed by atoms with E-state index in [0.29, 0.717) is 11.6 Å². The van der Waals surface area contributed by atoms with Crippen molar-refractivity contribution < 1.29 is 0 Å². The summed E-state index contributed by atoms with van der Waals surface area (Å²) < 4.78 is 0. The molecule has 0 saturated carbocycles. The predicted octanol–water partition coefficient (Wildman–Crippen LogP) is 2.45. The zero-order valence-corrected chi connectivity index (χ0v) is 9.60. The van der Waals surface area contributed by atoms with E-state index in [1.54, 1.807) is 6.20 Å². The van der Waals surface area contributed by atoms with Gasteiger partial charge in [0.2, 0.25) is 0 Å². The minimum atomic E-state index is -0.0704. The second-order valence-electron chi connectivity index (χ2n) is 4.34. The number of halogens is 1. The zero-order valence-electron chi connectivity index (χ0n) is 8.84. The Hall–Kier alpha value is -1.06. The Bertz CT molecular complexity index is 488. The standard InChI is InChI=1S/C11H14ClN3/c1-11(2,6-13)8-5-14-9-3-7(12)4-15-10(8)9/h3-5,14H,6,13H2,1-2H3. The molecule has 0 atom stereocenters. The van der Waals surface area contributed by atoms with E-state index in [9.17, 15) is 0 Å². The summed E-state index contributed by atoms with van der Waals surface area (Å²) in [5.41, 5.74) is 8.73. The lowest BCUT2D eigenvalue weighted by Gasteiger charge is -2.21. The molecule has 0 amide bonds. The highest BCUT2D eigenvalue weighted by molar-refractivity contribution is 6.31. The smallest absolute Gasteiger partial charge is 0.0917 e. The van der Waals surface area contributed by atoms with E-state index < -0.39 is 0 Å². The van der Waals surface area contributed by atoms with Gasteiger partial charge in [-0.15, -0.1) is 0 Å². The lowest BCUT2D eigenvalue weighted by atomic mass is 9.86. The third-order valence-corrected chi connectivity index (χ3v) is 2.93. The highest BCUT2D eigenvalue weighted by atomic mass is 35.5. The molecule has 0 spiro atoms. The van der Waals surface area contributed by atoms with Crippen LogP contribution in [0.4, 0.5) is 0 Å². The van der Waals surface area contributed by atoms with Crippen molar-refractivity contribution in [2.24, 2.45) is 5.73 Å². The first-order chi connectivity index (χ1) is 7.04.